The highest BCUT2D eigenvalue weighted by Gasteiger charge is 2.21. The molecule has 0 fully saturated rings. The van der Waals surface area contributed by atoms with Gasteiger partial charge in [0.05, 0.1) is 12.0 Å². The molecule has 0 aromatic carbocycles. The minimum atomic E-state index is -1.04. The van der Waals surface area contributed by atoms with E-state index in [-0.39, 0.29) is 12.5 Å². The third kappa shape index (κ3) is 5.76. The quantitative estimate of drug-likeness (QED) is 0.726. The summed E-state index contributed by atoms with van der Waals surface area (Å²) < 4.78 is 0. The average molecular weight is 241 g/mol. The number of nitrogens with zero attached hydrogens (tertiary/aromatic N) is 2. The van der Waals surface area contributed by atoms with Crippen LogP contribution < -0.4 is 5.32 Å². The number of amides is 2. The summed E-state index contributed by atoms with van der Waals surface area (Å²) in [5.74, 6) is -1.32. The van der Waals surface area contributed by atoms with Gasteiger partial charge >= 0.3 is 12.0 Å². The van der Waals surface area contributed by atoms with E-state index < -0.39 is 18.0 Å². The topological polar surface area (TPSA) is 93.4 Å². The Hall–Kier alpha value is -1.77. The van der Waals surface area contributed by atoms with Crippen molar-refractivity contribution in [2.75, 3.05) is 13.6 Å². The number of urea groups is 1. The Morgan fingerprint density at radius 1 is 1.53 bits per heavy atom. The van der Waals surface area contributed by atoms with Gasteiger partial charge in [0, 0.05) is 13.6 Å². The molecule has 0 aromatic rings. The van der Waals surface area contributed by atoms with E-state index in [4.69, 9.17) is 10.4 Å². The molecule has 0 saturated heterocycles. The molecule has 1 unspecified atom stereocenters. The first kappa shape index (κ1) is 15.2. The van der Waals surface area contributed by atoms with Crippen LogP contribution in [-0.4, -0.2) is 41.6 Å². The van der Waals surface area contributed by atoms with Crippen LogP contribution in [0.3, 0.4) is 0 Å². The molecule has 2 N–H and O–H groups in total. The number of nitriles is 1. The molecular formula is C11H19N3O3. The van der Waals surface area contributed by atoms with Crippen molar-refractivity contribution in [3.05, 3.63) is 0 Å². The molecule has 0 bridgehead atoms. The third-order valence-electron chi connectivity index (χ3n) is 2.29. The van der Waals surface area contributed by atoms with Crippen LogP contribution >= 0.6 is 0 Å². The van der Waals surface area contributed by atoms with Gasteiger partial charge in [-0.15, -0.1) is 0 Å². The molecular weight excluding hydrogens is 222 g/mol. The Kier molecular flexibility index (Phi) is 6.71. The van der Waals surface area contributed by atoms with E-state index in [1.54, 1.807) is 6.92 Å². The lowest BCUT2D eigenvalue weighted by Gasteiger charge is -2.21. The summed E-state index contributed by atoms with van der Waals surface area (Å²) in [5, 5.41) is 19.9. The van der Waals surface area contributed by atoms with Gasteiger partial charge in [0.15, 0.2) is 0 Å². The molecule has 0 aromatic heterocycles. The van der Waals surface area contributed by atoms with Gasteiger partial charge in [-0.05, 0) is 13.3 Å². The van der Waals surface area contributed by atoms with E-state index in [0.29, 0.717) is 12.8 Å². The Labute approximate surface area is 101 Å². The third-order valence-corrected chi connectivity index (χ3v) is 2.29. The van der Waals surface area contributed by atoms with Crippen LogP contribution in [-0.2, 0) is 4.79 Å². The van der Waals surface area contributed by atoms with Crippen molar-refractivity contribution in [1.29, 1.82) is 5.26 Å². The van der Waals surface area contributed by atoms with Crippen LogP contribution in [0.5, 0.6) is 0 Å². The molecule has 0 spiro atoms. The average Bonchev–Trinajstić information content (AvgIpc) is 2.27. The normalized spacial score (nSPS) is 13.3. The minimum Gasteiger partial charge on any atom is -0.480 e. The molecule has 0 aliphatic rings. The number of rotatable bonds is 6. The van der Waals surface area contributed by atoms with E-state index in [9.17, 15) is 9.59 Å². The summed E-state index contributed by atoms with van der Waals surface area (Å²) in [4.78, 5) is 23.8. The number of aliphatic carboxylic acids is 1. The number of nitrogens with one attached hydrogen (secondary N) is 1. The maximum Gasteiger partial charge on any atom is 0.326 e. The highest BCUT2D eigenvalue weighted by atomic mass is 16.4. The first-order chi connectivity index (χ1) is 7.92. The van der Waals surface area contributed by atoms with E-state index in [1.165, 1.54) is 11.9 Å². The lowest BCUT2D eigenvalue weighted by molar-refractivity contribution is -0.139. The molecule has 0 heterocycles. The van der Waals surface area contributed by atoms with E-state index in [1.807, 2.05) is 13.0 Å². The molecule has 6 heteroatoms. The van der Waals surface area contributed by atoms with E-state index in [0.717, 1.165) is 0 Å². The van der Waals surface area contributed by atoms with Gasteiger partial charge in [-0.1, -0.05) is 13.3 Å². The van der Waals surface area contributed by atoms with Crippen molar-refractivity contribution >= 4 is 12.0 Å². The van der Waals surface area contributed by atoms with Gasteiger partial charge in [-0.25, -0.2) is 9.59 Å². The highest BCUT2D eigenvalue weighted by molar-refractivity contribution is 5.82. The Bertz CT molecular complexity index is 312. The second-order valence-electron chi connectivity index (χ2n) is 4.04. The zero-order valence-corrected chi connectivity index (χ0v) is 10.4. The molecule has 2 amide bonds. The number of carboxylic acids is 1. The van der Waals surface area contributed by atoms with Gasteiger partial charge < -0.3 is 15.3 Å². The summed E-state index contributed by atoms with van der Waals surface area (Å²) in [6.45, 7) is 3.83. The molecule has 17 heavy (non-hydrogen) atoms. The van der Waals surface area contributed by atoms with Gasteiger partial charge in [-0.2, -0.15) is 5.26 Å². The first-order valence-corrected chi connectivity index (χ1v) is 5.56. The summed E-state index contributed by atoms with van der Waals surface area (Å²) in [5.41, 5.74) is 0. The Morgan fingerprint density at radius 3 is 2.53 bits per heavy atom. The SMILES string of the molecule is CCC[C@H](NC(=O)N(C)CC(C)C#N)C(=O)O. The molecule has 0 aliphatic heterocycles. The molecule has 2 atom stereocenters. The number of carbonyl (C=O) groups excluding carboxylic acids is 1. The van der Waals surface area contributed by atoms with E-state index >= 15 is 0 Å². The summed E-state index contributed by atoms with van der Waals surface area (Å²) in [6, 6.07) is 0.681. The number of carbonyl (C=O) groups is 2. The van der Waals surface area contributed by atoms with Crippen LogP contribution in [0.1, 0.15) is 26.7 Å². The van der Waals surface area contributed by atoms with Gasteiger partial charge in [-0.3, -0.25) is 0 Å². The van der Waals surface area contributed by atoms with Gasteiger partial charge in [0.2, 0.25) is 0 Å². The van der Waals surface area contributed by atoms with Crippen molar-refractivity contribution in [3.8, 4) is 6.07 Å². The van der Waals surface area contributed by atoms with Gasteiger partial charge in [0.25, 0.3) is 0 Å². The second kappa shape index (κ2) is 7.49. The standard InChI is InChI=1S/C11H19N3O3/c1-4-5-9(10(15)16)13-11(17)14(3)7-8(2)6-12/h8-9H,4-5,7H2,1-3H3,(H,13,17)(H,15,16)/t8?,9-/m0/s1. The summed E-state index contributed by atoms with van der Waals surface area (Å²) in [7, 11) is 1.54. The number of carboxylic acid groups (broad SMARTS) is 1. The van der Waals surface area contributed by atoms with Gasteiger partial charge in [0.1, 0.15) is 6.04 Å². The zero-order chi connectivity index (χ0) is 13.4. The fourth-order valence-electron chi connectivity index (χ4n) is 1.34. The second-order valence-corrected chi connectivity index (χ2v) is 4.04. The highest BCUT2D eigenvalue weighted by Crippen LogP contribution is 2.00. The predicted molar refractivity (Wildman–Crippen MR) is 62.3 cm³/mol. The smallest absolute Gasteiger partial charge is 0.326 e. The number of hydrogen-bond donors (Lipinski definition) is 2. The molecule has 0 rings (SSSR count). The lowest BCUT2D eigenvalue weighted by Crippen LogP contribution is -2.47. The Balaban J connectivity index is 4.31. The fourth-order valence-corrected chi connectivity index (χ4v) is 1.34. The summed E-state index contributed by atoms with van der Waals surface area (Å²) >= 11 is 0. The fraction of sp³-hybridized carbons (Fsp3) is 0.727. The molecule has 0 radical (unpaired) electrons. The van der Waals surface area contributed by atoms with Crippen molar-refractivity contribution in [2.45, 2.75) is 32.7 Å². The van der Waals surface area contributed by atoms with Crippen LogP contribution in [0.4, 0.5) is 4.79 Å². The maximum absolute atomic E-state index is 11.6. The van der Waals surface area contributed by atoms with Crippen molar-refractivity contribution < 1.29 is 14.7 Å². The largest absolute Gasteiger partial charge is 0.480 e. The minimum absolute atomic E-state index is 0.278. The van der Waals surface area contributed by atoms with E-state index in [2.05, 4.69) is 5.32 Å². The predicted octanol–water partition coefficient (Wildman–Crippen LogP) is 1.04. The molecule has 0 saturated carbocycles. The van der Waals surface area contributed by atoms with Crippen LogP contribution in [0, 0.1) is 17.2 Å². The van der Waals surface area contributed by atoms with Crippen LogP contribution in [0.2, 0.25) is 0 Å². The van der Waals surface area contributed by atoms with Crippen LogP contribution in [0.25, 0.3) is 0 Å². The van der Waals surface area contributed by atoms with Crippen molar-refractivity contribution in [3.63, 3.8) is 0 Å². The Morgan fingerprint density at radius 2 is 2.12 bits per heavy atom. The zero-order valence-electron chi connectivity index (χ0n) is 10.4. The molecule has 0 aliphatic carbocycles. The molecule has 6 nitrogen and oxygen atoms in total. The van der Waals surface area contributed by atoms with Crippen molar-refractivity contribution in [2.24, 2.45) is 5.92 Å². The first-order valence-electron chi connectivity index (χ1n) is 5.56. The van der Waals surface area contributed by atoms with Crippen LogP contribution in [0.15, 0.2) is 0 Å². The molecule has 96 valence electrons. The monoisotopic (exact) mass is 241 g/mol. The maximum atomic E-state index is 11.6. The number of hydrogen-bond acceptors (Lipinski definition) is 3. The van der Waals surface area contributed by atoms with Crippen molar-refractivity contribution in [1.82, 2.24) is 10.2 Å². The lowest BCUT2D eigenvalue weighted by atomic mass is 10.1. The summed E-state index contributed by atoms with van der Waals surface area (Å²) in [6.07, 6.45) is 1.07.